The van der Waals surface area contributed by atoms with E-state index in [1.807, 2.05) is 6.07 Å². The van der Waals surface area contributed by atoms with Gasteiger partial charge in [-0.15, -0.1) is 34.0 Å². The number of rotatable bonds is 14. The molecule has 1 fully saturated rings. The Morgan fingerprint density at radius 3 is 2.48 bits per heavy atom. The van der Waals surface area contributed by atoms with Gasteiger partial charge in [0, 0.05) is 26.6 Å². The number of aromatic nitrogens is 1. The molecule has 0 saturated carbocycles. The molecule has 56 heavy (non-hydrogen) atoms. The van der Waals surface area contributed by atoms with Crippen LogP contribution in [0, 0.1) is 6.92 Å². The quantitative estimate of drug-likeness (QED) is 0.0658. The molecule has 3 aromatic heterocycles. The van der Waals surface area contributed by atoms with E-state index in [2.05, 4.69) is 104 Å². The van der Waals surface area contributed by atoms with Crippen molar-refractivity contribution in [1.29, 1.82) is 0 Å². The number of carbonyl (C=O) groups excluding carboxylic acids is 1. The summed E-state index contributed by atoms with van der Waals surface area (Å²) >= 11 is 11.4. The summed E-state index contributed by atoms with van der Waals surface area (Å²) in [5, 5.41) is 17.6. The van der Waals surface area contributed by atoms with Gasteiger partial charge in [-0.25, -0.2) is 4.98 Å². The molecule has 1 N–H and O–H groups in total. The second kappa shape index (κ2) is 16.8. The molecule has 1 atom stereocenters. The number of thiocarbonyl (C=S) groups is 1. The van der Waals surface area contributed by atoms with Crippen molar-refractivity contribution < 1.29 is 19.4 Å². The maximum Gasteiger partial charge on any atom is 0.323 e. The summed E-state index contributed by atoms with van der Waals surface area (Å²) in [4.78, 5) is 34.7. The number of unbranched alkanes of at least 4 members (excludes halogenated alkanes) is 3. The third-order valence-electron chi connectivity index (χ3n) is 9.56. The van der Waals surface area contributed by atoms with Gasteiger partial charge in [0.2, 0.25) is 0 Å². The fraction of sp³-hybridized carbons (Fsp3) is 0.233. The molecule has 284 valence electrons. The summed E-state index contributed by atoms with van der Waals surface area (Å²) in [7, 11) is 0. The highest BCUT2D eigenvalue weighted by atomic mass is 32.2. The lowest BCUT2D eigenvalue weighted by atomic mass is 10.0. The number of ether oxygens (including phenoxy) is 1. The first-order chi connectivity index (χ1) is 27.2. The number of aliphatic carboxylic acids is 1. The van der Waals surface area contributed by atoms with E-state index in [0.29, 0.717) is 4.91 Å². The van der Waals surface area contributed by atoms with Gasteiger partial charge in [-0.1, -0.05) is 68.4 Å². The van der Waals surface area contributed by atoms with Crippen LogP contribution in [0.3, 0.4) is 0 Å². The third-order valence-corrected chi connectivity index (χ3v) is 14.4. The number of carboxylic acid groups (broad SMARTS) is 1. The van der Waals surface area contributed by atoms with Gasteiger partial charge >= 0.3 is 5.97 Å². The molecular weight excluding hydrogens is 797 g/mol. The summed E-state index contributed by atoms with van der Waals surface area (Å²) in [6, 6.07) is 31.7. The highest BCUT2D eigenvalue weighted by Crippen LogP contribution is 2.42. The number of aryl methyl sites for hydroxylation is 1. The fourth-order valence-electron chi connectivity index (χ4n) is 6.66. The van der Waals surface area contributed by atoms with Gasteiger partial charge in [0.15, 0.2) is 0 Å². The predicted molar refractivity (Wildman–Crippen MR) is 237 cm³/mol. The van der Waals surface area contributed by atoms with Crippen molar-refractivity contribution in [2.75, 3.05) is 18.2 Å². The minimum atomic E-state index is -1.10. The Hall–Kier alpha value is -4.66. The normalized spacial score (nSPS) is 16.4. The number of carbonyl (C=O) groups is 2. The number of hydrogen-bond donors (Lipinski definition) is 1. The van der Waals surface area contributed by atoms with Crippen LogP contribution < -0.4 is 9.75 Å². The monoisotopic (exact) mass is 834 g/mol. The van der Waals surface area contributed by atoms with Crippen molar-refractivity contribution in [3.63, 3.8) is 0 Å². The molecule has 3 aromatic carbocycles. The number of benzene rings is 3. The summed E-state index contributed by atoms with van der Waals surface area (Å²) in [6.07, 6.45) is 7.21. The molecule has 13 heteroatoms. The molecule has 0 spiro atoms. The van der Waals surface area contributed by atoms with Gasteiger partial charge in [-0.2, -0.15) is 5.10 Å². The second-order valence-corrected chi connectivity index (χ2v) is 18.6. The smallest absolute Gasteiger partial charge is 0.323 e. The minimum absolute atomic E-state index is 0.00128. The second-order valence-electron chi connectivity index (χ2n) is 13.7. The van der Waals surface area contributed by atoms with Gasteiger partial charge in [-0.3, -0.25) is 19.5 Å². The van der Waals surface area contributed by atoms with E-state index in [4.69, 9.17) is 27.0 Å². The van der Waals surface area contributed by atoms with Gasteiger partial charge in [0.25, 0.3) is 5.91 Å². The van der Waals surface area contributed by atoms with Gasteiger partial charge in [0.1, 0.15) is 21.6 Å². The molecule has 1 amide bonds. The number of nitrogens with zero attached hydrogens (tertiary/aromatic N) is 4. The Morgan fingerprint density at radius 1 is 0.929 bits per heavy atom. The summed E-state index contributed by atoms with van der Waals surface area (Å²) in [5.74, 6) is -0.586. The number of thiazole rings is 1. The largest absolute Gasteiger partial charge is 0.494 e. The molecule has 2 aliphatic rings. The molecule has 0 aliphatic carbocycles. The van der Waals surface area contributed by atoms with E-state index >= 15 is 0 Å². The number of thioether (sulfide) groups is 1. The number of amides is 1. The van der Waals surface area contributed by atoms with E-state index in [1.54, 1.807) is 40.1 Å². The Balaban J connectivity index is 1.04. The highest BCUT2D eigenvalue weighted by Gasteiger charge is 2.34. The summed E-state index contributed by atoms with van der Waals surface area (Å²) in [5.41, 5.74) is 6.53. The van der Waals surface area contributed by atoms with Crippen LogP contribution in [0.15, 0.2) is 101 Å². The van der Waals surface area contributed by atoms with Gasteiger partial charge in [-0.05, 0) is 103 Å². The zero-order valence-corrected chi connectivity index (χ0v) is 34.8. The molecule has 0 radical (unpaired) electrons. The molecule has 6 aromatic rings. The lowest BCUT2D eigenvalue weighted by molar-refractivity contribution is -0.140. The zero-order valence-electron chi connectivity index (χ0n) is 30.8. The van der Waals surface area contributed by atoms with Crippen LogP contribution in [-0.4, -0.2) is 50.1 Å². The van der Waals surface area contributed by atoms with Crippen molar-refractivity contribution >= 4 is 102 Å². The lowest BCUT2D eigenvalue weighted by Crippen LogP contribution is -2.33. The molecule has 8 rings (SSSR count). The molecule has 5 heterocycles. The minimum Gasteiger partial charge on any atom is -0.494 e. The Morgan fingerprint density at radius 2 is 1.70 bits per heavy atom. The number of hydrazone groups is 1. The van der Waals surface area contributed by atoms with Gasteiger partial charge in [0.05, 0.1) is 44.0 Å². The van der Waals surface area contributed by atoms with Crippen LogP contribution in [0.5, 0.6) is 5.75 Å². The van der Waals surface area contributed by atoms with Crippen LogP contribution in [0.25, 0.3) is 36.6 Å². The third kappa shape index (κ3) is 8.37. The SMILES string of the molecule is CCCCCCOc1ccc(C2CC(c3ccc(-c4ccc(/C=C5\SC(=S)N(CC(=O)O)C5=O)s4)s3)=NN2c2ccc(-c3nc4ccc(C)cc4s3)cc2)cc1. The summed E-state index contributed by atoms with van der Waals surface area (Å²) in [6.45, 7) is 4.61. The van der Waals surface area contributed by atoms with E-state index in [9.17, 15) is 14.7 Å². The molecule has 2 aliphatic heterocycles. The number of carboxylic acids is 1. The summed E-state index contributed by atoms with van der Waals surface area (Å²) < 4.78 is 7.52. The number of thiophene rings is 2. The maximum atomic E-state index is 12.8. The topological polar surface area (TPSA) is 95.3 Å². The maximum absolute atomic E-state index is 12.8. The molecule has 8 nitrogen and oxygen atoms in total. The van der Waals surface area contributed by atoms with Crippen molar-refractivity contribution in [2.24, 2.45) is 5.10 Å². The Labute approximate surface area is 347 Å². The van der Waals surface area contributed by atoms with Crippen LogP contribution in [0.4, 0.5) is 5.69 Å². The van der Waals surface area contributed by atoms with E-state index in [1.165, 1.54) is 35.1 Å². The van der Waals surface area contributed by atoms with Crippen molar-refractivity contribution in [1.82, 2.24) is 9.88 Å². The van der Waals surface area contributed by atoms with Crippen molar-refractivity contribution in [3.8, 4) is 26.1 Å². The average molecular weight is 835 g/mol. The number of anilines is 1. The Bertz CT molecular complexity index is 2480. The van der Waals surface area contributed by atoms with E-state index < -0.39 is 12.5 Å². The zero-order chi connectivity index (χ0) is 38.8. The van der Waals surface area contributed by atoms with Crippen LogP contribution in [-0.2, 0) is 9.59 Å². The van der Waals surface area contributed by atoms with Crippen LogP contribution in [0.2, 0.25) is 0 Å². The average Bonchev–Trinajstić information content (AvgIpc) is 4.04. The van der Waals surface area contributed by atoms with Crippen LogP contribution in [0.1, 0.15) is 66.0 Å². The lowest BCUT2D eigenvalue weighted by Gasteiger charge is -2.24. The Kier molecular flexibility index (Phi) is 11.5. The van der Waals surface area contributed by atoms with Crippen molar-refractivity contribution in [3.05, 3.63) is 117 Å². The highest BCUT2D eigenvalue weighted by molar-refractivity contribution is 8.26. The predicted octanol–water partition coefficient (Wildman–Crippen LogP) is 11.7. The van der Waals surface area contributed by atoms with Crippen molar-refractivity contribution in [2.45, 2.75) is 52.0 Å². The first kappa shape index (κ1) is 38.2. The number of fused-ring (bicyclic) bond motifs is 1. The van der Waals surface area contributed by atoms with E-state index in [0.717, 1.165) is 88.9 Å². The first-order valence-corrected chi connectivity index (χ1v) is 22.1. The molecule has 0 bridgehead atoms. The molecular formula is C43H38N4O4S5. The standard InChI is InChI=1S/C43H38N4O4S5/c1-3-4-5-6-21-51-30-14-10-27(11-15-30)34-24-33(45-47(34)29-12-8-28(9-13-29)41-44-32-17-7-26(2)22-38(32)55-41)35-19-20-37(54-35)36-18-16-31(53-36)23-39-42(50)46(25-40(48)49)43(52)56-39/h7-20,22-23,34H,3-6,21,24-25H2,1-2H3,(H,48,49)/b39-23-. The molecule has 1 saturated heterocycles. The molecule has 1 unspecified atom stereocenters. The fourth-order valence-corrected chi connectivity index (χ4v) is 11.1. The number of hydrogen-bond acceptors (Lipinski definition) is 11. The first-order valence-electron chi connectivity index (χ1n) is 18.5. The van der Waals surface area contributed by atoms with E-state index in [-0.39, 0.29) is 16.3 Å². The van der Waals surface area contributed by atoms with Crippen LogP contribution >= 0.6 is 58.0 Å². The van der Waals surface area contributed by atoms with Gasteiger partial charge < -0.3 is 9.84 Å².